The van der Waals surface area contributed by atoms with Gasteiger partial charge in [-0.3, -0.25) is 9.69 Å². The van der Waals surface area contributed by atoms with Crippen LogP contribution >= 0.6 is 35.3 Å². The van der Waals surface area contributed by atoms with Crippen molar-refractivity contribution in [1.29, 1.82) is 0 Å². The molecule has 0 N–H and O–H groups in total. The van der Waals surface area contributed by atoms with Gasteiger partial charge in [-0.05, 0) is 53.8 Å². The van der Waals surface area contributed by atoms with Crippen LogP contribution < -0.4 is 0 Å². The highest BCUT2D eigenvalue weighted by molar-refractivity contribution is 8.26. The van der Waals surface area contributed by atoms with Crippen molar-refractivity contribution in [2.24, 2.45) is 0 Å². The molecule has 3 rings (SSSR count). The quantitative estimate of drug-likeness (QED) is 0.286. The van der Waals surface area contributed by atoms with Crippen LogP contribution in [0.4, 0.5) is 26.3 Å². The van der Waals surface area contributed by atoms with E-state index in [4.69, 9.17) is 12.2 Å². The number of nitrogens with zero attached hydrogens (tertiary/aromatic N) is 1. The van der Waals surface area contributed by atoms with Crippen LogP contribution in [-0.4, -0.2) is 21.7 Å². The maximum atomic E-state index is 13.0. The van der Waals surface area contributed by atoms with Crippen LogP contribution in [0.25, 0.3) is 17.2 Å². The molecule has 0 radical (unpaired) electrons. The molecule has 0 saturated carbocycles. The Labute approximate surface area is 175 Å². The van der Waals surface area contributed by atoms with E-state index in [-0.39, 0.29) is 23.1 Å². The first-order valence-electron chi connectivity index (χ1n) is 8.04. The SMILES string of the molecule is CCN1C(=O)C(=Cc2cc(-c3cc(C(F)(F)F)cc(C(F)(F)F)c3)cs2)SC1=S. The minimum Gasteiger partial charge on any atom is -0.293 e. The third-order valence-electron chi connectivity index (χ3n) is 4.00. The number of halogens is 6. The van der Waals surface area contributed by atoms with E-state index in [1.807, 2.05) is 0 Å². The van der Waals surface area contributed by atoms with Gasteiger partial charge in [-0.1, -0.05) is 24.0 Å². The number of hydrogen-bond acceptors (Lipinski definition) is 4. The number of rotatable bonds is 3. The molecule has 1 saturated heterocycles. The molecule has 0 spiro atoms. The average molecular weight is 467 g/mol. The zero-order chi connectivity index (χ0) is 21.6. The van der Waals surface area contributed by atoms with Gasteiger partial charge in [0.2, 0.25) is 0 Å². The molecule has 0 aliphatic carbocycles. The lowest BCUT2D eigenvalue weighted by molar-refractivity contribution is -0.143. The highest BCUT2D eigenvalue weighted by atomic mass is 32.2. The molecule has 2 nitrogen and oxygen atoms in total. The van der Waals surface area contributed by atoms with Crippen molar-refractivity contribution in [3.05, 3.63) is 50.6 Å². The van der Waals surface area contributed by atoms with E-state index >= 15 is 0 Å². The molecule has 154 valence electrons. The standard InChI is InChI=1S/C18H11F6NOS3/c1-2-25-15(26)14(29-16(25)27)7-13-5-10(8-28-13)9-3-11(17(19,20)21)6-12(4-9)18(22,23)24/h3-8H,2H2,1H3. The molecular formula is C18H11F6NOS3. The van der Waals surface area contributed by atoms with Crippen LogP contribution in [0.3, 0.4) is 0 Å². The summed E-state index contributed by atoms with van der Waals surface area (Å²) in [4.78, 5) is 14.5. The van der Waals surface area contributed by atoms with Crippen molar-refractivity contribution in [2.45, 2.75) is 19.3 Å². The van der Waals surface area contributed by atoms with Crippen molar-refractivity contribution in [1.82, 2.24) is 4.90 Å². The van der Waals surface area contributed by atoms with Gasteiger partial charge < -0.3 is 0 Å². The molecule has 0 atom stereocenters. The van der Waals surface area contributed by atoms with E-state index in [0.717, 1.165) is 23.1 Å². The number of carbonyl (C=O) groups excluding carboxylic acids is 1. The highest BCUT2D eigenvalue weighted by Gasteiger charge is 2.37. The second-order valence-electron chi connectivity index (χ2n) is 5.96. The summed E-state index contributed by atoms with van der Waals surface area (Å²) in [5.74, 6) is -0.282. The van der Waals surface area contributed by atoms with Gasteiger partial charge in [0.25, 0.3) is 5.91 Å². The normalized spacial score (nSPS) is 16.9. The summed E-state index contributed by atoms with van der Waals surface area (Å²) in [6, 6.07) is 2.89. The third kappa shape index (κ3) is 4.67. The number of benzene rings is 1. The fraction of sp³-hybridized carbons (Fsp3) is 0.222. The second kappa shape index (κ2) is 7.77. The molecule has 0 bridgehead atoms. The Balaban J connectivity index is 2.00. The molecule has 2 aromatic rings. The molecule has 1 aromatic heterocycles. The van der Waals surface area contributed by atoms with Crippen molar-refractivity contribution in [3.8, 4) is 11.1 Å². The van der Waals surface area contributed by atoms with Gasteiger partial charge >= 0.3 is 12.4 Å². The lowest BCUT2D eigenvalue weighted by atomic mass is 10.0. The van der Waals surface area contributed by atoms with Crippen LogP contribution in [0.1, 0.15) is 22.9 Å². The lowest BCUT2D eigenvalue weighted by Crippen LogP contribution is -2.27. The van der Waals surface area contributed by atoms with E-state index in [1.165, 1.54) is 22.4 Å². The van der Waals surface area contributed by atoms with E-state index in [9.17, 15) is 31.1 Å². The van der Waals surface area contributed by atoms with Gasteiger partial charge in [0.15, 0.2) is 0 Å². The Kier molecular flexibility index (Phi) is 5.85. The Morgan fingerprint density at radius 1 is 1.00 bits per heavy atom. The maximum Gasteiger partial charge on any atom is 0.416 e. The minimum absolute atomic E-state index is 0.0901. The van der Waals surface area contributed by atoms with E-state index in [2.05, 4.69) is 0 Å². The first-order chi connectivity index (χ1) is 13.4. The summed E-state index contributed by atoms with van der Waals surface area (Å²) < 4.78 is 78.7. The summed E-state index contributed by atoms with van der Waals surface area (Å²) in [7, 11) is 0. The van der Waals surface area contributed by atoms with Gasteiger partial charge in [-0.15, -0.1) is 11.3 Å². The fourth-order valence-corrected chi connectivity index (χ4v) is 4.90. The van der Waals surface area contributed by atoms with Gasteiger partial charge in [-0.2, -0.15) is 26.3 Å². The Hall–Kier alpha value is -1.85. The first-order valence-corrected chi connectivity index (χ1v) is 10.1. The Morgan fingerprint density at radius 2 is 1.59 bits per heavy atom. The number of thiocarbonyl (C=S) groups is 1. The fourth-order valence-electron chi connectivity index (χ4n) is 2.60. The molecule has 1 aliphatic rings. The largest absolute Gasteiger partial charge is 0.416 e. The number of hydrogen-bond donors (Lipinski definition) is 0. The van der Waals surface area contributed by atoms with Crippen molar-refractivity contribution in [2.75, 3.05) is 6.54 Å². The topological polar surface area (TPSA) is 20.3 Å². The van der Waals surface area contributed by atoms with Gasteiger partial charge in [0.05, 0.1) is 16.0 Å². The number of amides is 1. The maximum absolute atomic E-state index is 13.0. The minimum atomic E-state index is -4.91. The van der Waals surface area contributed by atoms with Crippen LogP contribution in [0.5, 0.6) is 0 Å². The molecule has 1 aromatic carbocycles. The molecule has 1 amide bonds. The van der Waals surface area contributed by atoms with Crippen molar-refractivity contribution < 1.29 is 31.1 Å². The van der Waals surface area contributed by atoms with Crippen molar-refractivity contribution >= 4 is 51.6 Å². The number of alkyl halides is 6. The van der Waals surface area contributed by atoms with Crippen LogP contribution in [-0.2, 0) is 17.1 Å². The predicted molar refractivity (Wildman–Crippen MR) is 105 cm³/mol. The molecule has 0 unspecified atom stereocenters. The number of likely N-dealkylation sites (N-methyl/N-ethyl adjacent to an activating group) is 1. The van der Waals surface area contributed by atoms with E-state index < -0.39 is 23.5 Å². The summed E-state index contributed by atoms with van der Waals surface area (Å²) in [6.07, 6.45) is -8.30. The predicted octanol–water partition coefficient (Wildman–Crippen LogP) is 6.67. The monoisotopic (exact) mass is 467 g/mol. The summed E-state index contributed by atoms with van der Waals surface area (Å²) in [5, 5.41) is 1.45. The zero-order valence-electron chi connectivity index (χ0n) is 14.5. The second-order valence-corrected chi connectivity index (χ2v) is 8.58. The summed E-state index contributed by atoms with van der Waals surface area (Å²) in [6.45, 7) is 2.17. The summed E-state index contributed by atoms with van der Waals surface area (Å²) >= 11 is 7.31. The Bertz CT molecular complexity index is 974. The average Bonchev–Trinajstić information content (AvgIpc) is 3.18. The van der Waals surface area contributed by atoms with Gasteiger partial charge in [0, 0.05) is 11.4 Å². The zero-order valence-corrected chi connectivity index (χ0v) is 17.0. The number of thioether (sulfide) groups is 1. The third-order valence-corrected chi connectivity index (χ3v) is 6.26. The number of carbonyl (C=O) groups is 1. The molecule has 29 heavy (non-hydrogen) atoms. The van der Waals surface area contributed by atoms with Gasteiger partial charge in [0.1, 0.15) is 4.32 Å². The lowest BCUT2D eigenvalue weighted by Gasteiger charge is -2.13. The van der Waals surface area contributed by atoms with Gasteiger partial charge in [-0.25, -0.2) is 0 Å². The molecule has 2 heterocycles. The molecule has 1 fully saturated rings. The molecular weight excluding hydrogens is 456 g/mol. The molecule has 11 heteroatoms. The number of thiophene rings is 1. The van der Waals surface area contributed by atoms with E-state index in [1.54, 1.807) is 6.92 Å². The summed E-state index contributed by atoms with van der Waals surface area (Å²) in [5.41, 5.74) is -2.76. The van der Waals surface area contributed by atoms with Crippen LogP contribution in [0, 0.1) is 0 Å². The van der Waals surface area contributed by atoms with Crippen molar-refractivity contribution in [3.63, 3.8) is 0 Å². The van der Waals surface area contributed by atoms with Crippen LogP contribution in [0.15, 0.2) is 34.6 Å². The molecule has 1 aliphatic heterocycles. The first kappa shape index (κ1) is 21.8. The van der Waals surface area contributed by atoms with E-state index in [0.29, 0.717) is 32.8 Å². The smallest absolute Gasteiger partial charge is 0.293 e. The van der Waals surface area contributed by atoms with Crippen LogP contribution in [0.2, 0.25) is 0 Å². The Morgan fingerprint density at radius 3 is 2.07 bits per heavy atom. The highest BCUT2D eigenvalue weighted by Crippen LogP contribution is 2.40.